The Morgan fingerprint density at radius 2 is 1.97 bits per heavy atom. The molecule has 4 aliphatic carbocycles. The highest BCUT2D eigenvalue weighted by atomic mass is 16.5. The molecule has 32 heavy (non-hydrogen) atoms. The SMILES string of the molecule is COCc1c(C(=O)NC2C3CC4CC2CC(O)(C4)C3)cnn1/C=C/C(C)(C)NC(=O)OC. The molecule has 4 fully saturated rings. The Bertz CT molecular complexity index is 892. The van der Waals surface area contributed by atoms with Gasteiger partial charge >= 0.3 is 6.09 Å². The number of carbonyl (C=O) groups is 2. The number of nitrogens with zero attached hydrogens (tertiary/aromatic N) is 2. The summed E-state index contributed by atoms with van der Waals surface area (Å²) in [7, 11) is 2.89. The van der Waals surface area contributed by atoms with Gasteiger partial charge in [0.25, 0.3) is 5.91 Å². The summed E-state index contributed by atoms with van der Waals surface area (Å²) in [6, 6.07) is 0.0943. The van der Waals surface area contributed by atoms with E-state index in [9.17, 15) is 14.7 Å². The topological polar surface area (TPSA) is 115 Å². The van der Waals surface area contributed by atoms with Crippen LogP contribution in [0.3, 0.4) is 0 Å². The van der Waals surface area contributed by atoms with Crippen molar-refractivity contribution in [3.8, 4) is 0 Å². The third-order valence-corrected chi connectivity index (χ3v) is 7.20. The minimum Gasteiger partial charge on any atom is -0.453 e. The lowest BCUT2D eigenvalue weighted by Gasteiger charge is -2.58. The Hall–Kier alpha value is -2.39. The fourth-order valence-corrected chi connectivity index (χ4v) is 6.05. The molecular weight excluding hydrogens is 412 g/mol. The summed E-state index contributed by atoms with van der Waals surface area (Å²) in [5.41, 5.74) is -0.0909. The number of alkyl carbamates (subject to hydrolysis) is 1. The summed E-state index contributed by atoms with van der Waals surface area (Å²) in [5.74, 6) is 1.10. The van der Waals surface area contributed by atoms with Crippen LogP contribution in [0, 0.1) is 17.8 Å². The van der Waals surface area contributed by atoms with Crippen molar-refractivity contribution < 1.29 is 24.2 Å². The van der Waals surface area contributed by atoms with E-state index < -0.39 is 17.2 Å². The molecule has 2 unspecified atom stereocenters. The van der Waals surface area contributed by atoms with Gasteiger partial charge in [0.2, 0.25) is 0 Å². The second-order valence-corrected chi connectivity index (χ2v) is 10.2. The van der Waals surface area contributed by atoms with E-state index in [0.717, 1.165) is 32.1 Å². The largest absolute Gasteiger partial charge is 0.453 e. The average Bonchev–Trinajstić information content (AvgIpc) is 3.10. The van der Waals surface area contributed by atoms with E-state index in [1.165, 1.54) is 7.11 Å². The zero-order valence-corrected chi connectivity index (χ0v) is 19.3. The van der Waals surface area contributed by atoms with Crippen molar-refractivity contribution in [1.29, 1.82) is 0 Å². The highest BCUT2D eigenvalue weighted by Crippen LogP contribution is 2.55. The van der Waals surface area contributed by atoms with Crippen molar-refractivity contribution in [2.75, 3.05) is 14.2 Å². The highest BCUT2D eigenvalue weighted by molar-refractivity contribution is 5.95. The van der Waals surface area contributed by atoms with Crippen molar-refractivity contribution in [2.24, 2.45) is 17.8 Å². The fourth-order valence-electron chi connectivity index (χ4n) is 6.05. The molecule has 4 saturated carbocycles. The molecule has 176 valence electrons. The maximum atomic E-state index is 13.2. The van der Waals surface area contributed by atoms with Crippen molar-refractivity contribution >= 4 is 18.2 Å². The smallest absolute Gasteiger partial charge is 0.407 e. The number of hydrogen-bond donors (Lipinski definition) is 3. The second kappa shape index (κ2) is 8.51. The van der Waals surface area contributed by atoms with Crippen LogP contribution in [0.2, 0.25) is 0 Å². The van der Waals surface area contributed by atoms with Gasteiger partial charge in [0.1, 0.15) is 0 Å². The van der Waals surface area contributed by atoms with E-state index >= 15 is 0 Å². The van der Waals surface area contributed by atoms with Gasteiger partial charge in [-0.15, -0.1) is 0 Å². The lowest BCUT2D eigenvalue weighted by atomic mass is 9.52. The molecule has 4 aliphatic rings. The van der Waals surface area contributed by atoms with Gasteiger partial charge in [-0.3, -0.25) is 4.79 Å². The minimum absolute atomic E-state index is 0.0943. The van der Waals surface area contributed by atoms with E-state index in [1.54, 1.807) is 30.3 Å². The molecule has 2 amide bonds. The van der Waals surface area contributed by atoms with E-state index in [-0.39, 0.29) is 18.6 Å². The lowest BCUT2D eigenvalue weighted by Crippen LogP contribution is -2.61. The number of aliphatic hydroxyl groups is 1. The van der Waals surface area contributed by atoms with Crippen LogP contribution in [0.25, 0.3) is 6.20 Å². The van der Waals surface area contributed by atoms with E-state index in [2.05, 4.69) is 20.5 Å². The molecule has 5 rings (SSSR count). The van der Waals surface area contributed by atoms with Gasteiger partial charge in [0, 0.05) is 19.4 Å². The number of hydrogen-bond acceptors (Lipinski definition) is 6. The first-order chi connectivity index (χ1) is 15.1. The molecule has 0 radical (unpaired) electrons. The normalized spacial score (nSPS) is 31.2. The number of amides is 2. The van der Waals surface area contributed by atoms with Crippen LogP contribution in [-0.2, 0) is 16.1 Å². The van der Waals surface area contributed by atoms with E-state index in [4.69, 9.17) is 4.74 Å². The minimum atomic E-state index is -0.674. The first kappa shape index (κ1) is 22.8. The van der Waals surface area contributed by atoms with Gasteiger partial charge in [-0.05, 0) is 69.8 Å². The van der Waals surface area contributed by atoms with Crippen LogP contribution in [0.4, 0.5) is 4.79 Å². The lowest BCUT2D eigenvalue weighted by molar-refractivity contribution is -0.136. The third kappa shape index (κ3) is 4.54. The molecule has 3 N–H and O–H groups in total. The Kier molecular flexibility index (Phi) is 6.06. The Morgan fingerprint density at radius 3 is 2.56 bits per heavy atom. The highest BCUT2D eigenvalue weighted by Gasteiger charge is 2.55. The zero-order chi connectivity index (χ0) is 23.1. The van der Waals surface area contributed by atoms with Gasteiger partial charge in [0.05, 0.1) is 42.3 Å². The summed E-state index contributed by atoms with van der Waals surface area (Å²) in [5, 5.41) is 21.1. The molecule has 4 bridgehead atoms. The molecule has 1 aromatic heterocycles. The van der Waals surface area contributed by atoms with Crippen LogP contribution in [0.15, 0.2) is 12.3 Å². The Balaban J connectivity index is 1.49. The summed E-state index contributed by atoms with van der Waals surface area (Å²) in [4.78, 5) is 24.8. The predicted octanol–water partition coefficient (Wildman–Crippen LogP) is 2.30. The average molecular weight is 447 g/mol. The maximum absolute atomic E-state index is 13.2. The number of aromatic nitrogens is 2. The quantitative estimate of drug-likeness (QED) is 0.592. The second-order valence-electron chi connectivity index (χ2n) is 10.2. The molecule has 0 spiro atoms. The number of nitrogens with one attached hydrogen (secondary N) is 2. The first-order valence-electron chi connectivity index (χ1n) is 11.3. The number of carbonyl (C=O) groups excluding carboxylic acids is 2. The number of methoxy groups -OCH3 is 2. The molecule has 1 heterocycles. The third-order valence-electron chi connectivity index (χ3n) is 7.20. The maximum Gasteiger partial charge on any atom is 0.407 e. The summed E-state index contributed by atoms with van der Waals surface area (Å²) < 4.78 is 11.6. The van der Waals surface area contributed by atoms with Gasteiger partial charge in [-0.1, -0.05) is 0 Å². The summed E-state index contributed by atoms with van der Waals surface area (Å²) in [6.45, 7) is 3.87. The van der Waals surface area contributed by atoms with Crippen LogP contribution < -0.4 is 10.6 Å². The first-order valence-corrected chi connectivity index (χ1v) is 11.3. The number of ether oxygens (including phenoxy) is 2. The van der Waals surface area contributed by atoms with E-state index in [0.29, 0.717) is 29.0 Å². The standard InChI is InChI=1S/C23H34N4O5/c1-22(2,26-21(29)32-4)5-6-27-18(13-31-3)17(12-24-27)20(28)25-19-15-7-14-8-16(19)11-23(30,9-14)10-15/h5-6,12,14-16,19,30H,7-11,13H2,1-4H3,(H,25,28)(H,26,29)/b6-5+. The van der Waals surface area contributed by atoms with Crippen molar-refractivity contribution in [3.05, 3.63) is 23.5 Å². The van der Waals surface area contributed by atoms with E-state index in [1.807, 2.05) is 13.8 Å². The molecule has 9 heteroatoms. The van der Waals surface area contributed by atoms with Crippen molar-refractivity contribution in [2.45, 2.75) is 69.7 Å². The van der Waals surface area contributed by atoms with Crippen LogP contribution in [0.5, 0.6) is 0 Å². The van der Waals surface area contributed by atoms with Gasteiger partial charge < -0.3 is 25.2 Å². The molecule has 1 aromatic rings. The predicted molar refractivity (Wildman–Crippen MR) is 118 cm³/mol. The number of rotatable bonds is 7. The molecular formula is C23H34N4O5. The Labute approximate surface area is 188 Å². The molecule has 0 aliphatic heterocycles. The fraction of sp³-hybridized carbons (Fsp3) is 0.696. The van der Waals surface area contributed by atoms with Crippen LogP contribution in [-0.4, -0.2) is 58.3 Å². The molecule has 2 atom stereocenters. The summed E-state index contributed by atoms with van der Waals surface area (Å²) >= 11 is 0. The van der Waals surface area contributed by atoms with Crippen molar-refractivity contribution in [1.82, 2.24) is 20.4 Å². The monoisotopic (exact) mass is 446 g/mol. The van der Waals surface area contributed by atoms with Gasteiger partial charge in [-0.25, -0.2) is 9.48 Å². The molecule has 9 nitrogen and oxygen atoms in total. The van der Waals surface area contributed by atoms with Crippen LogP contribution in [0.1, 0.15) is 62.0 Å². The summed E-state index contributed by atoms with van der Waals surface area (Å²) in [6.07, 6.45) is 9.14. The molecule has 0 saturated heterocycles. The zero-order valence-electron chi connectivity index (χ0n) is 19.3. The van der Waals surface area contributed by atoms with Crippen molar-refractivity contribution in [3.63, 3.8) is 0 Å². The van der Waals surface area contributed by atoms with Gasteiger partial charge in [0.15, 0.2) is 0 Å². The molecule has 0 aromatic carbocycles. The Morgan fingerprint density at radius 1 is 1.28 bits per heavy atom. The van der Waals surface area contributed by atoms with Gasteiger partial charge in [-0.2, -0.15) is 5.10 Å². The van der Waals surface area contributed by atoms with Crippen LogP contribution >= 0.6 is 0 Å².